The second kappa shape index (κ2) is 9.55. The van der Waals surface area contributed by atoms with Crippen LogP contribution in [0.5, 0.6) is 0 Å². The van der Waals surface area contributed by atoms with E-state index in [1.54, 1.807) is 13.3 Å². The molecule has 0 spiro atoms. The maximum absolute atomic E-state index is 12.5. The Balaban J connectivity index is 1.66. The summed E-state index contributed by atoms with van der Waals surface area (Å²) in [6, 6.07) is 7.93. The van der Waals surface area contributed by atoms with E-state index in [4.69, 9.17) is 15.2 Å². The van der Waals surface area contributed by atoms with Crippen molar-refractivity contribution in [2.75, 3.05) is 36.6 Å². The van der Waals surface area contributed by atoms with Gasteiger partial charge in [-0.2, -0.15) is 5.10 Å². The van der Waals surface area contributed by atoms with E-state index in [9.17, 15) is 9.90 Å². The molecule has 2 aromatic heterocycles. The normalized spacial score (nSPS) is 18.7. The first-order valence-electron chi connectivity index (χ1n) is 11.7. The van der Waals surface area contributed by atoms with E-state index in [0.29, 0.717) is 39.1 Å². The molecule has 0 saturated carbocycles. The molecule has 4 heterocycles. The van der Waals surface area contributed by atoms with E-state index >= 15 is 0 Å². The number of nitrogens with two attached hydrogens (primary N) is 1. The van der Waals surface area contributed by atoms with Crippen molar-refractivity contribution in [2.24, 2.45) is 5.73 Å². The molecule has 1 atom stereocenters. The number of carbonyl (C=O) groups excluding carboxylic acids is 1. The fourth-order valence-electron chi connectivity index (χ4n) is 4.77. The molecule has 1 saturated heterocycles. The Kier molecular flexibility index (Phi) is 6.31. The van der Waals surface area contributed by atoms with Crippen LogP contribution >= 0.6 is 0 Å². The van der Waals surface area contributed by atoms with Gasteiger partial charge in [0.05, 0.1) is 42.3 Å². The predicted octanol–water partition coefficient (Wildman–Crippen LogP) is 2.21. The van der Waals surface area contributed by atoms with Gasteiger partial charge < -0.3 is 25.2 Å². The highest BCUT2D eigenvalue weighted by Crippen LogP contribution is 2.44. The van der Waals surface area contributed by atoms with Crippen LogP contribution in [-0.4, -0.2) is 58.7 Å². The number of primary amides is 1. The van der Waals surface area contributed by atoms with Crippen LogP contribution < -0.4 is 15.5 Å². The number of anilines is 2. The molecule has 10 nitrogen and oxygen atoms in total. The number of rotatable bonds is 7. The van der Waals surface area contributed by atoms with Gasteiger partial charge in [-0.3, -0.25) is 19.4 Å². The van der Waals surface area contributed by atoms with E-state index in [1.807, 2.05) is 40.9 Å². The zero-order valence-corrected chi connectivity index (χ0v) is 19.9. The lowest BCUT2D eigenvalue weighted by molar-refractivity contribution is -0.114. The molecule has 35 heavy (non-hydrogen) atoms. The first-order valence-corrected chi connectivity index (χ1v) is 11.7. The number of methoxy groups -OCH3 is 1. The molecule has 3 aromatic rings. The van der Waals surface area contributed by atoms with Crippen molar-refractivity contribution >= 4 is 28.2 Å². The summed E-state index contributed by atoms with van der Waals surface area (Å²) < 4.78 is 13.2. The summed E-state index contributed by atoms with van der Waals surface area (Å²) in [6.45, 7) is 4.46. The number of amides is 1. The number of hydrogen-bond donors (Lipinski definition) is 2. The molecule has 184 valence electrons. The first-order chi connectivity index (χ1) is 17.0. The SMILES string of the molecule is COCCn1ncc2cc(N3C(C(N)=O)=COC3c3ccnc(C)c3)c(N3CCC(O)CC3)cc21. The maximum atomic E-state index is 12.5. The van der Waals surface area contributed by atoms with Crippen LogP contribution in [0.15, 0.2) is 48.6 Å². The van der Waals surface area contributed by atoms with Crippen LogP contribution in [0.1, 0.15) is 30.3 Å². The Morgan fingerprint density at radius 3 is 2.77 bits per heavy atom. The summed E-state index contributed by atoms with van der Waals surface area (Å²) in [5.74, 6) is -0.575. The number of aliphatic hydroxyl groups is 1. The number of ether oxygens (including phenoxy) is 2. The van der Waals surface area contributed by atoms with Gasteiger partial charge in [0, 0.05) is 43.0 Å². The zero-order valence-electron chi connectivity index (χ0n) is 19.9. The van der Waals surface area contributed by atoms with Gasteiger partial charge in [0.1, 0.15) is 12.0 Å². The molecule has 5 rings (SSSR count). The molecule has 1 fully saturated rings. The van der Waals surface area contributed by atoms with Crippen molar-refractivity contribution in [3.8, 4) is 0 Å². The lowest BCUT2D eigenvalue weighted by atomic mass is 10.0. The number of carbonyl (C=O) groups is 1. The third-order valence-corrected chi connectivity index (χ3v) is 6.57. The first kappa shape index (κ1) is 23.1. The molecule has 2 aliphatic rings. The number of hydrogen-bond acceptors (Lipinski definition) is 8. The third-order valence-electron chi connectivity index (χ3n) is 6.57. The zero-order chi connectivity index (χ0) is 24.5. The van der Waals surface area contributed by atoms with Crippen LogP contribution in [0.4, 0.5) is 11.4 Å². The summed E-state index contributed by atoms with van der Waals surface area (Å²) in [4.78, 5) is 20.9. The average molecular weight is 479 g/mol. The van der Waals surface area contributed by atoms with Gasteiger partial charge in [-0.15, -0.1) is 0 Å². The minimum Gasteiger partial charge on any atom is -0.471 e. The molecular formula is C25H30N6O4. The summed E-state index contributed by atoms with van der Waals surface area (Å²) in [6.07, 6.45) is 5.42. The van der Waals surface area contributed by atoms with E-state index in [2.05, 4.69) is 21.0 Å². The predicted molar refractivity (Wildman–Crippen MR) is 132 cm³/mol. The summed E-state index contributed by atoms with van der Waals surface area (Å²) >= 11 is 0. The minimum atomic E-state index is -0.575. The highest BCUT2D eigenvalue weighted by Gasteiger charge is 2.36. The Morgan fingerprint density at radius 2 is 2.06 bits per heavy atom. The van der Waals surface area contributed by atoms with Gasteiger partial charge >= 0.3 is 0 Å². The Bertz CT molecular complexity index is 1260. The van der Waals surface area contributed by atoms with Crippen molar-refractivity contribution in [3.05, 3.63) is 59.9 Å². The lowest BCUT2D eigenvalue weighted by Crippen LogP contribution is -2.38. The van der Waals surface area contributed by atoms with Gasteiger partial charge in [-0.25, -0.2) is 0 Å². The van der Waals surface area contributed by atoms with Crippen LogP contribution in [-0.2, 0) is 20.8 Å². The van der Waals surface area contributed by atoms with Crippen molar-refractivity contribution in [1.82, 2.24) is 14.8 Å². The Morgan fingerprint density at radius 1 is 1.26 bits per heavy atom. The van der Waals surface area contributed by atoms with Crippen LogP contribution in [0.25, 0.3) is 10.9 Å². The Labute approximate surface area is 203 Å². The van der Waals surface area contributed by atoms with Gasteiger partial charge in [0.25, 0.3) is 5.91 Å². The molecule has 1 aromatic carbocycles. The number of aromatic nitrogens is 3. The molecule has 0 aliphatic carbocycles. The summed E-state index contributed by atoms with van der Waals surface area (Å²) in [7, 11) is 1.67. The van der Waals surface area contributed by atoms with Crippen LogP contribution in [0.2, 0.25) is 0 Å². The van der Waals surface area contributed by atoms with E-state index < -0.39 is 12.1 Å². The van der Waals surface area contributed by atoms with E-state index in [1.165, 1.54) is 6.26 Å². The number of aryl methyl sites for hydroxylation is 1. The van der Waals surface area contributed by atoms with Crippen molar-refractivity contribution in [1.29, 1.82) is 0 Å². The molecule has 1 amide bonds. The third kappa shape index (κ3) is 4.42. The molecule has 1 unspecified atom stereocenters. The Hall–Kier alpha value is -3.63. The molecule has 10 heteroatoms. The number of pyridine rings is 1. The quantitative estimate of drug-likeness (QED) is 0.531. The highest BCUT2D eigenvalue weighted by molar-refractivity contribution is 6.00. The van der Waals surface area contributed by atoms with Gasteiger partial charge in [-0.1, -0.05) is 0 Å². The average Bonchev–Trinajstić information content (AvgIpc) is 3.46. The summed E-state index contributed by atoms with van der Waals surface area (Å²) in [5.41, 5.74) is 10.5. The standard InChI is InChI=1S/C25H30N6O4/c1-16-11-17(3-6-27-16)25-31(23(15-35-25)24(26)33)22-12-18-14-28-30(9-10-34-2)20(18)13-21(22)29-7-4-19(32)5-8-29/h3,6,11-15,19,25,32H,4-5,7-10H2,1-2H3,(H2,26,33). The second-order valence-corrected chi connectivity index (χ2v) is 8.93. The van der Waals surface area contributed by atoms with Gasteiger partial charge in [-0.05, 0) is 44.0 Å². The largest absolute Gasteiger partial charge is 0.471 e. The van der Waals surface area contributed by atoms with E-state index in [0.717, 1.165) is 33.5 Å². The van der Waals surface area contributed by atoms with Crippen LogP contribution in [0.3, 0.4) is 0 Å². The van der Waals surface area contributed by atoms with Crippen molar-refractivity contribution < 1.29 is 19.4 Å². The minimum absolute atomic E-state index is 0.272. The molecule has 0 radical (unpaired) electrons. The van der Waals surface area contributed by atoms with Crippen molar-refractivity contribution in [3.63, 3.8) is 0 Å². The number of fused-ring (bicyclic) bond motifs is 1. The number of piperidine rings is 1. The number of aliphatic hydroxyl groups excluding tert-OH is 1. The monoisotopic (exact) mass is 478 g/mol. The summed E-state index contributed by atoms with van der Waals surface area (Å²) in [5, 5.41) is 15.6. The number of nitrogens with zero attached hydrogens (tertiary/aromatic N) is 5. The maximum Gasteiger partial charge on any atom is 0.268 e. The second-order valence-electron chi connectivity index (χ2n) is 8.93. The van der Waals surface area contributed by atoms with Gasteiger partial charge in [0.15, 0.2) is 0 Å². The van der Waals surface area contributed by atoms with E-state index in [-0.39, 0.29) is 11.8 Å². The lowest BCUT2D eigenvalue weighted by Gasteiger charge is -2.36. The molecule has 0 bridgehead atoms. The highest BCUT2D eigenvalue weighted by atomic mass is 16.5. The topological polar surface area (TPSA) is 119 Å². The molecular weight excluding hydrogens is 448 g/mol. The fraction of sp³-hybridized carbons (Fsp3) is 0.400. The van der Waals surface area contributed by atoms with Crippen molar-refractivity contribution in [2.45, 2.75) is 38.6 Å². The smallest absolute Gasteiger partial charge is 0.268 e. The molecule has 3 N–H and O–H groups in total. The fourth-order valence-corrected chi connectivity index (χ4v) is 4.77. The molecule has 2 aliphatic heterocycles. The van der Waals surface area contributed by atoms with Crippen LogP contribution in [0, 0.1) is 6.92 Å². The van der Waals surface area contributed by atoms with Gasteiger partial charge in [0.2, 0.25) is 6.23 Å². The number of benzene rings is 1.